The van der Waals surface area contributed by atoms with E-state index >= 15 is 0 Å². The molecule has 0 rings (SSSR count). The summed E-state index contributed by atoms with van der Waals surface area (Å²) in [6.45, 7) is 4.85. The van der Waals surface area contributed by atoms with Gasteiger partial charge in [-0.05, 0) is 57.8 Å². The Balaban J connectivity index is 3.50. The molecule has 58 heavy (non-hydrogen) atoms. The number of hydrogen-bond acceptors (Lipinski definition) is 5. The van der Waals surface area contributed by atoms with Crippen molar-refractivity contribution in [1.29, 1.82) is 0 Å². The monoisotopic (exact) mass is 818 g/mol. The van der Waals surface area contributed by atoms with Gasteiger partial charge in [-0.25, -0.2) is 0 Å². The third-order valence-electron chi connectivity index (χ3n) is 11.7. The van der Waals surface area contributed by atoms with Crippen LogP contribution in [-0.4, -0.2) is 47.4 Å². The molecule has 342 valence electrons. The first-order valence-corrected chi connectivity index (χ1v) is 25.6. The smallest absolute Gasteiger partial charge is 0.305 e. The lowest BCUT2D eigenvalue weighted by molar-refractivity contribution is -0.143. The van der Waals surface area contributed by atoms with E-state index in [4.69, 9.17) is 4.74 Å². The molecule has 0 saturated heterocycles. The van der Waals surface area contributed by atoms with E-state index in [0.717, 1.165) is 57.8 Å². The van der Waals surface area contributed by atoms with Crippen LogP contribution in [0.15, 0.2) is 24.3 Å². The largest absolute Gasteiger partial charge is 0.466 e. The van der Waals surface area contributed by atoms with Crippen molar-refractivity contribution >= 4 is 11.9 Å². The van der Waals surface area contributed by atoms with Gasteiger partial charge < -0.3 is 20.3 Å². The summed E-state index contributed by atoms with van der Waals surface area (Å²) in [5.74, 6) is -0.110. The number of nitrogens with one attached hydrogen (secondary N) is 1. The molecule has 0 aromatic carbocycles. The maximum atomic E-state index is 12.4. The summed E-state index contributed by atoms with van der Waals surface area (Å²) in [4.78, 5) is 24.5. The minimum Gasteiger partial charge on any atom is -0.466 e. The van der Waals surface area contributed by atoms with Crippen molar-refractivity contribution < 1.29 is 24.5 Å². The molecule has 0 spiro atoms. The Morgan fingerprint density at radius 1 is 0.466 bits per heavy atom. The minimum absolute atomic E-state index is 0.0231. The van der Waals surface area contributed by atoms with Gasteiger partial charge in [0.1, 0.15) is 0 Å². The van der Waals surface area contributed by atoms with Crippen molar-refractivity contribution in [2.45, 2.75) is 283 Å². The third-order valence-corrected chi connectivity index (χ3v) is 11.7. The molecule has 0 saturated carbocycles. The number of aliphatic hydroxyl groups is 2. The van der Waals surface area contributed by atoms with Crippen LogP contribution in [0.2, 0.25) is 0 Å². The number of carbonyl (C=O) groups excluding carboxylic acids is 2. The molecule has 0 aromatic heterocycles. The highest BCUT2D eigenvalue weighted by atomic mass is 16.5. The zero-order valence-corrected chi connectivity index (χ0v) is 38.8. The van der Waals surface area contributed by atoms with Gasteiger partial charge in [0, 0.05) is 12.8 Å². The molecule has 3 N–H and O–H groups in total. The van der Waals surface area contributed by atoms with E-state index < -0.39 is 12.1 Å². The van der Waals surface area contributed by atoms with E-state index in [-0.39, 0.29) is 18.5 Å². The first-order chi connectivity index (χ1) is 28.5. The van der Waals surface area contributed by atoms with Gasteiger partial charge in [0.05, 0.1) is 25.4 Å². The maximum absolute atomic E-state index is 12.4. The van der Waals surface area contributed by atoms with E-state index in [1.54, 1.807) is 6.08 Å². The Morgan fingerprint density at radius 2 is 0.810 bits per heavy atom. The zero-order valence-electron chi connectivity index (χ0n) is 38.8. The van der Waals surface area contributed by atoms with Crippen LogP contribution in [0.3, 0.4) is 0 Å². The summed E-state index contributed by atoms with van der Waals surface area (Å²) < 4.78 is 5.46. The van der Waals surface area contributed by atoms with Crippen molar-refractivity contribution in [3.8, 4) is 0 Å². The number of ether oxygens (including phenoxy) is 1. The fourth-order valence-electron chi connectivity index (χ4n) is 7.74. The fraction of sp³-hybridized carbons (Fsp3) is 0.885. The predicted molar refractivity (Wildman–Crippen MR) is 250 cm³/mol. The number of amides is 1. The molecule has 0 aliphatic heterocycles. The lowest BCUT2D eigenvalue weighted by Crippen LogP contribution is -2.45. The Labute approximate surface area is 361 Å². The molecule has 2 atom stereocenters. The number of rotatable bonds is 47. The molecule has 0 aliphatic carbocycles. The van der Waals surface area contributed by atoms with Gasteiger partial charge in [-0.15, -0.1) is 0 Å². The zero-order chi connectivity index (χ0) is 42.3. The summed E-state index contributed by atoms with van der Waals surface area (Å²) >= 11 is 0. The second-order valence-corrected chi connectivity index (χ2v) is 17.5. The van der Waals surface area contributed by atoms with Gasteiger partial charge in [0.25, 0.3) is 0 Å². The molecule has 0 bridgehead atoms. The SMILES string of the molecule is CCCCCCCCC/C=C\CCCCCCCC(=O)OCCCCCCCCCCCCCC(=O)NC(CO)C(O)/C=C/CCCCCCCCCCCCCC. The lowest BCUT2D eigenvalue weighted by atomic mass is 10.0. The summed E-state index contributed by atoms with van der Waals surface area (Å²) in [6, 6.07) is -0.641. The maximum Gasteiger partial charge on any atom is 0.305 e. The highest BCUT2D eigenvalue weighted by Gasteiger charge is 2.18. The van der Waals surface area contributed by atoms with Crippen molar-refractivity contribution in [2.24, 2.45) is 0 Å². The molecule has 2 unspecified atom stereocenters. The van der Waals surface area contributed by atoms with Gasteiger partial charge in [-0.1, -0.05) is 224 Å². The topological polar surface area (TPSA) is 95.9 Å². The molecule has 6 heteroatoms. The lowest BCUT2D eigenvalue weighted by Gasteiger charge is -2.20. The Hall–Kier alpha value is -1.66. The fourth-order valence-corrected chi connectivity index (χ4v) is 7.74. The quantitative estimate of drug-likeness (QED) is 0.0323. The number of unbranched alkanes of at least 4 members (excludes halogenated alkanes) is 34. The second-order valence-electron chi connectivity index (χ2n) is 17.5. The number of aliphatic hydroxyl groups excluding tert-OH is 2. The Morgan fingerprint density at radius 3 is 1.22 bits per heavy atom. The van der Waals surface area contributed by atoms with Gasteiger partial charge >= 0.3 is 5.97 Å². The Bertz CT molecular complexity index is 904. The van der Waals surface area contributed by atoms with Crippen LogP contribution in [0.1, 0.15) is 271 Å². The third kappa shape index (κ3) is 43.9. The van der Waals surface area contributed by atoms with Crippen LogP contribution in [0.4, 0.5) is 0 Å². The van der Waals surface area contributed by atoms with Crippen molar-refractivity contribution in [3.63, 3.8) is 0 Å². The van der Waals surface area contributed by atoms with Crippen molar-refractivity contribution in [2.75, 3.05) is 13.2 Å². The predicted octanol–water partition coefficient (Wildman–Crippen LogP) is 15.1. The van der Waals surface area contributed by atoms with Crippen LogP contribution < -0.4 is 5.32 Å². The first-order valence-electron chi connectivity index (χ1n) is 25.6. The highest BCUT2D eigenvalue weighted by molar-refractivity contribution is 5.76. The second kappa shape index (κ2) is 48.0. The summed E-state index contributed by atoms with van der Waals surface area (Å²) in [5, 5.41) is 23.0. The first kappa shape index (κ1) is 56.3. The average Bonchev–Trinajstić information content (AvgIpc) is 3.22. The van der Waals surface area contributed by atoms with Crippen LogP contribution in [0.5, 0.6) is 0 Å². The number of hydrogen-bond donors (Lipinski definition) is 3. The van der Waals surface area contributed by atoms with Crippen LogP contribution in [0.25, 0.3) is 0 Å². The van der Waals surface area contributed by atoms with E-state index in [0.29, 0.717) is 19.4 Å². The molecular formula is C52H99NO5. The van der Waals surface area contributed by atoms with Crippen molar-refractivity contribution in [1.82, 2.24) is 5.32 Å². The van der Waals surface area contributed by atoms with Gasteiger partial charge in [0.2, 0.25) is 5.91 Å². The molecular weight excluding hydrogens is 719 g/mol. The van der Waals surface area contributed by atoms with Gasteiger partial charge in [0.15, 0.2) is 0 Å². The average molecular weight is 818 g/mol. The molecule has 0 aromatic rings. The van der Waals surface area contributed by atoms with E-state index in [2.05, 4.69) is 31.3 Å². The van der Waals surface area contributed by atoms with Crippen LogP contribution in [-0.2, 0) is 14.3 Å². The molecule has 0 aliphatic rings. The van der Waals surface area contributed by atoms with Crippen molar-refractivity contribution in [3.05, 3.63) is 24.3 Å². The molecule has 1 amide bonds. The number of carbonyl (C=O) groups is 2. The van der Waals surface area contributed by atoms with E-state index in [1.165, 1.54) is 186 Å². The minimum atomic E-state index is -0.856. The van der Waals surface area contributed by atoms with E-state index in [9.17, 15) is 19.8 Å². The summed E-state index contributed by atoms with van der Waals surface area (Å²) in [5.41, 5.74) is 0. The summed E-state index contributed by atoms with van der Waals surface area (Å²) in [7, 11) is 0. The van der Waals surface area contributed by atoms with Crippen LogP contribution in [0, 0.1) is 0 Å². The Kier molecular flexibility index (Phi) is 46.6. The molecule has 0 fully saturated rings. The number of esters is 1. The highest BCUT2D eigenvalue weighted by Crippen LogP contribution is 2.15. The molecule has 0 radical (unpaired) electrons. The number of allylic oxidation sites excluding steroid dienone is 3. The van der Waals surface area contributed by atoms with Gasteiger partial charge in [-0.3, -0.25) is 9.59 Å². The normalized spacial score (nSPS) is 12.8. The standard InChI is InChI=1S/C52H99NO5/c1-3-5-7-9-11-13-15-17-19-20-22-26-30-34-38-42-46-52(57)58-47-43-39-35-31-27-23-25-29-33-37-41-45-51(56)53-49(48-54)50(55)44-40-36-32-28-24-21-18-16-14-12-10-8-6-4-2/h19-20,40,44,49-50,54-55H,3-18,21-39,41-43,45-48H2,1-2H3,(H,53,56)/b20-19-,44-40+. The van der Waals surface area contributed by atoms with Crippen LogP contribution >= 0.6 is 0 Å². The molecule has 6 nitrogen and oxygen atoms in total. The van der Waals surface area contributed by atoms with E-state index in [1.807, 2.05) is 6.08 Å². The summed E-state index contributed by atoms with van der Waals surface area (Å²) in [6.07, 6.45) is 56.0. The molecule has 0 heterocycles. The van der Waals surface area contributed by atoms with Gasteiger partial charge in [-0.2, -0.15) is 0 Å².